The molecule has 2 heterocycles. The summed E-state index contributed by atoms with van der Waals surface area (Å²) in [5, 5.41) is 0. The third-order valence-corrected chi connectivity index (χ3v) is 8.62. The maximum atomic E-state index is 12.6. The summed E-state index contributed by atoms with van der Waals surface area (Å²) in [7, 11) is 0. The molecule has 0 N–H and O–H groups in total. The minimum Gasteiger partial charge on any atom is -0.458 e. The van der Waals surface area contributed by atoms with Gasteiger partial charge in [-0.1, -0.05) is 19.9 Å². The Hall–Kier alpha value is -2.95. The van der Waals surface area contributed by atoms with Crippen LogP contribution in [0.25, 0.3) is 0 Å². The molecule has 1 aliphatic carbocycles. The third-order valence-electron chi connectivity index (χ3n) is 8.62. The predicted molar refractivity (Wildman–Crippen MR) is 144 cm³/mol. The molecule has 1 saturated carbocycles. The van der Waals surface area contributed by atoms with Gasteiger partial charge in [-0.15, -0.1) is 0 Å². The molecule has 3 rings (SSSR count). The largest absolute Gasteiger partial charge is 0.458 e. The van der Waals surface area contributed by atoms with Crippen LogP contribution in [0.3, 0.4) is 0 Å². The van der Waals surface area contributed by atoms with Gasteiger partial charge in [0, 0.05) is 52.4 Å². The summed E-state index contributed by atoms with van der Waals surface area (Å²) in [5.74, 6) is -4.48. The summed E-state index contributed by atoms with van der Waals surface area (Å²) in [6.07, 6.45) is -1.71. The Kier molecular flexibility index (Phi) is 9.62. The molecule has 230 valence electrons. The molecule has 0 aromatic heterocycles. The van der Waals surface area contributed by atoms with Gasteiger partial charge in [0.15, 0.2) is 11.7 Å². The quantitative estimate of drug-likeness (QED) is 0.259. The van der Waals surface area contributed by atoms with Crippen LogP contribution >= 0.6 is 0 Å². The number of carbonyl (C=O) groups excluding carboxylic acids is 5. The molecule has 2 bridgehead atoms. The second kappa shape index (κ2) is 12.1. The highest BCUT2D eigenvalue weighted by atomic mass is 16.6. The summed E-state index contributed by atoms with van der Waals surface area (Å²) in [6, 6.07) is 0. The highest BCUT2D eigenvalue weighted by molar-refractivity contribution is 5.69. The maximum Gasteiger partial charge on any atom is 0.303 e. The molecule has 0 radical (unpaired) electrons. The second-order valence-electron chi connectivity index (χ2n) is 12.3. The number of rotatable bonds is 6. The van der Waals surface area contributed by atoms with Crippen molar-refractivity contribution < 1.29 is 52.4 Å². The van der Waals surface area contributed by atoms with E-state index in [9.17, 15) is 24.0 Å². The third kappa shape index (κ3) is 6.60. The summed E-state index contributed by atoms with van der Waals surface area (Å²) < 4.78 is 36.2. The van der Waals surface area contributed by atoms with Crippen molar-refractivity contribution in [2.24, 2.45) is 23.7 Å². The van der Waals surface area contributed by atoms with Gasteiger partial charge in [0.1, 0.15) is 23.9 Å². The zero-order chi connectivity index (χ0) is 31.0. The summed E-state index contributed by atoms with van der Waals surface area (Å²) in [6.45, 7) is 15.6. The molecule has 10 atom stereocenters. The molecule has 41 heavy (non-hydrogen) atoms. The molecule has 10 unspecified atom stereocenters. The smallest absolute Gasteiger partial charge is 0.303 e. The fourth-order valence-corrected chi connectivity index (χ4v) is 7.43. The predicted octanol–water partition coefficient (Wildman–Crippen LogP) is 3.45. The van der Waals surface area contributed by atoms with Crippen LogP contribution in [-0.4, -0.2) is 71.6 Å². The Labute approximate surface area is 241 Å². The highest BCUT2D eigenvalue weighted by Crippen LogP contribution is 2.59. The van der Waals surface area contributed by atoms with Gasteiger partial charge in [-0.05, 0) is 45.1 Å². The molecular weight excluding hydrogens is 536 g/mol. The van der Waals surface area contributed by atoms with Crippen LogP contribution in [0, 0.1) is 23.7 Å². The van der Waals surface area contributed by atoms with Gasteiger partial charge in [0.2, 0.25) is 0 Å². The van der Waals surface area contributed by atoms with Gasteiger partial charge in [-0.25, -0.2) is 0 Å². The first kappa shape index (κ1) is 32.6. The number of hydrogen-bond donors (Lipinski definition) is 0. The van der Waals surface area contributed by atoms with E-state index in [1.807, 2.05) is 26.8 Å². The minimum atomic E-state index is -1.52. The molecule has 2 aliphatic heterocycles. The lowest BCUT2D eigenvalue weighted by Gasteiger charge is -2.55. The van der Waals surface area contributed by atoms with Crippen molar-refractivity contribution in [3.63, 3.8) is 0 Å². The van der Waals surface area contributed by atoms with Crippen LogP contribution in [0.15, 0.2) is 11.6 Å². The van der Waals surface area contributed by atoms with Gasteiger partial charge < -0.3 is 28.4 Å². The molecule has 2 fully saturated rings. The number of hydrogen-bond acceptors (Lipinski definition) is 11. The van der Waals surface area contributed by atoms with Crippen molar-refractivity contribution in [1.29, 1.82) is 0 Å². The Balaban J connectivity index is 2.36. The standard InChI is InChI=1S/C30H44O11/c1-14(2)23-24-25(30(10,41-20(8)35)28(38-18(6)33)26(23)37-17(5)32)22-13-15(3)21(36-16(4)31)11-12-29(9,27(24)39-22)40-19(7)34/h13-14,21-28H,11-12H2,1-10H3. The van der Waals surface area contributed by atoms with E-state index in [2.05, 4.69) is 0 Å². The SMILES string of the molecule is CC(=O)OC1CCC(C)(OC(C)=O)C2OC(C=C1C)C1C2C(C(C)C)C(OC(C)=O)C(OC(C)=O)C1(C)OC(C)=O. The van der Waals surface area contributed by atoms with Crippen molar-refractivity contribution in [1.82, 2.24) is 0 Å². The second-order valence-corrected chi connectivity index (χ2v) is 12.3. The summed E-state index contributed by atoms with van der Waals surface area (Å²) in [4.78, 5) is 61.9. The summed E-state index contributed by atoms with van der Waals surface area (Å²) in [5.41, 5.74) is -1.99. The Morgan fingerprint density at radius 2 is 1.41 bits per heavy atom. The fourth-order valence-electron chi connectivity index (χ4n) is 7.43. The minimum absolute atomic E-state index is 0.125. The van der Waals surface area contributed by atoms with Crippen molar-refractivity contribution in [3.05, 3.63) is 11.6 Å². The Morgan fingerprint density at radius 3 is 1.90 bits per heavy atom. The summed E-state index contributed by atoms with van der Waals surface area (Å²) >= 11 is 0. The van der Waals surface area contributed by atoms with E-state index in [4.69, 9.17) is 28.4 Å². The van der Waals surface area contributed by atoms with Crippen molar-refractivity contribution in [3.8, 4) is 0 Å². The molecule has 0 aromatic carbocycles. The topological polar surface area (TPSA) is 141 Å². The lowest BCUT2D eigenvalue weighted by atomic mass is 9.55. The number of esters is 5. The van der Waals surface area contributed by atoms with E-state index in [1.165, 1.54) is 34.6 Å². The average molecular weight is 581 g/mol. The lowest BCUT2D eigenvalue weighted by Crippen LogP contribution is -2.69. The van der Waals surface area contributed by atoms with Crippen molar-refractivity contribution >= 4 is 29.8 Å². The van der Waals surface area contributed by atoms with Crippen LogP contribution in [0.1, 0.15) is 82.1 Å². The van der Waals surface area contributed by atoms with E-state index < -0.39 is 89.3 Å². The van der Waals surface area contributed by atoms with Crippen LogP contribution in [-0.2, 0) is 52.4 Å². The van der Waals surface area contributed by atoms with Crippen LogP contribution in [0.4, 0.5) is 0 Å². The fraction of sp³-hybridized carbons (Fsp3) is 0.767. The Bertz CT molecular complexity index is 1100. The van der Waals surface area contributed by atoms with Gasteiger partial charge in [-0.3, -0.25) is 24.0 Å². The van der Waals surface area contributed by atoms with Crippen molar-refractivity contribution in [2.45, 2.75) is 124 Å². The molecular formula is C30H44O11. The van der Waals surface area contributed by atoms with Gasteiger partial charge in [0.25, 0.3) is 0 Å². The first-order valence-corrected chi connectivity index (χ1v) is 14.2. The molecule has 0 spiro atoms. The first-order valence-electron chi connectivity index (χ1n) is 14.2. The zero-order valence-electron chi connectivity index (χ0n) is 25.7. The van der Waals surface area contributed by atoms with E-state index in [0.29, 0.717) is 12.0 Å². The zero-order valence-corrected chi connectivity index (χ0v) is 25.7. The lowest BCUT2D eigenvalue weighted by molar-refractivity contribution is -0.248. The first-order chi connectivity index (χ1) is 18.9. The highest BCUT2D eigenvalue weighted by Gasteiger charge is 2.71. The van der Waals surface area contributed by atoms with Crippen LogP contribution in [0.2, 0.25) is 0 Å². The van der Waals surface area contributed by atoms with Gasteiger partial charge in [0.05, 0.1) is 6.10 Å². The molecule has 11 heteroatoms. The number of carbonyl (C=O) groups is 5. The van der Waals surface area contributed by atoms with E-state index in [-0.39, 0.29) is 12.3 Å². The molecule has 11 nitrogen and oxygen atoms in total. The normalized spacial score (nSPS) is 38.3. The maximum absolute atomic E-state index is 12.6. The molecule has 0 amide bonds. The Morgan fingerprint density at radius 1 is 0.854 bits per heavy atom. The van der Waals surface area contributed by atoms with E-state index in [1.54, 1.807) is 13.8 Å². The number of fused-ring (bicyclic) bond motifs is 5. The van der Waals surface area contributed by atoms with E-state index in [0.717, 1.165) is 0 Å². The van der Waals surface area contributed by atoms with Crippen LogP contribution in [0.5, 0.6) is 0 Å². The van der Waals surface area contributed by atoms with E-state index >= 15 is 0 Å². The van der Waals surface area contributed by atoms with Gasteiger partial charge in [-0.2, -0.15) is 0 Å². The van der Waals surface area contributed by atoms with Crippen molar-refractivity contribution in [2.75, 3.05) is 0 Å². The molecule has 3 aliphatic rings. The van der Waals surface area contributed by atoms with Gasteiger partial charge >= 0.3 is 29.8 Å². The molecule has 0 aromatic rings. The molecule has 1 saturated heterocycles. The monoisotopic (exact) mass is 580 g/mol. The number of ether oxygens (including phenoxy) is 6. The van der Waals surface area contributed by atoms with Crippen LogP contribution < -0.4 is 0 Å². The average Bonchev–Trinajstić information content (AvgIpc) is 3.18.